The van der Waals surface area contributed by atoms with E-state index in [0.717, 1.165) is 25.1 Å². The molecule has 0 spiro atoms. The van der Waals surface area contributed by atoms with Gasteiger partial charge >= 0.3 is 0 Å². The first kappa shape index (κ1) is 21.1. The quantitative estimate of drug-likeness (QED) is 0.531. The van der Waals surface area contributed by atoms with Gasteiger partial charge in [0.05, 0.1) is 11.4 Å². The Morgan fingerprint density at radius 1 is 1.37 bits per heavy atom. The second-order valence-electron chi connectivity index (χ2n) is 7.78. The highest BCUT2D eigenvalue weighted by Gasteiger charge is 2.32. The molecule has 30 heavy (non-hydrogen) atoms. The SMILES string of the molecule is CC1CCCN(CC(=O)NCCN2C(=O)C(=Cc3ccc4c(c3)OCO4)SC2=S)C1. The Hall–Kier alpha value is -2.10. The first-order chi connectivity index (χ1) is 14.5. The molecule has 1 aromatic rings. The topological polar surface area (TPSA) is 71.1 Å². The zero-order valence-electron chi connectivity index (χ0n) is 16.9. The third-order valence-electron chi connectivity index (χ3n) is 5.33. The molecule has 0 aromatic heterocycles. The van der Waals surface area contributed by atoms with Gasteiger partial charge in [-0.3, -0.25) is 19.4 Å². The summed E-state index contributed by atoms with van der Waals surface area (Å²) in [6.45, 7) is 5.52. The summed E-state index contributed by atoms with van der Waals surface area (Å²) in [6.07, 6.45) is 4.17. The van der Waals surface area contributed by atoms with Crippen molar-refractivity contribution in [2.75, 3.05) is 39.5 Å². The Morgan fingerprint density at radius 2 is 2.20 bits per heavy atom. The largest absolute Gasteiger partial charge is 0.454 e. The summed E-state index contributed by atoms with van der Waals surface area (Å²) < 4.78 is 11.2. The van der Waals surface area contributed by atoms with E-state index in [1.807, 2.05) is 18.2 Å². The number of thiocarbonyl (C=S) groups is 1. The fourth-order valence-corrected chi connectivity index (χ4v) is 5.15. The van der Waals surface area contributed by atoms with E-state index in [1.54, 1.807) is 11.0 Å². The summed E-state index contributed by atoms with van der Waals surface area (Å²) in [4.78, 5) is 29.3. The van der Waals surface area contributed by atoms with Gasteiger partial charge in [0, 0.05) is 19.6 Å². The number of hydrogen-bond donors (Lipinski definition) is 1. The van der Waals surface area contributed by atoms with Crippen LogP contribution in [0.25, 0.3) is 6.08 Å². The Kier molecular flexibility index (Phi) is 6.60. The molecule has 160 valence electrons. The Morgan fingerprint density at radius 3 is 3.03 bits per heavy atom. The molecule has 2 saturated heterocycles. The van der Waals surface area contributed by atoms with Crippen molar-refractivity contribution in [2.45, 2.75) is 19.8 Å². The normalized spacial score (nSPS) is 22.8. The number of benzene rings is 1. The predicted molar refractivity (Wildman–Crippen MR) is 120 cm³/mol. The number of nitrogens with one attached hydrogen (secondary N) is 1. The third kappa shape index (κ3) is 4.96. The highest BCUT2D eigenvalue weighted by molar-refractivity contribution is 8.26. The minimum absolute atomic E-state index is 0.00885. The van der Waals surface area contributed by atoms with Gasteiger partial charge in [0.1, 0.15) is 4.32 Å². The van der Waals surface area contributed by atoms with Crippen LogP contribution in [-0.2, 0) is 9.59 Å². The molecule has 4 rings (SSSR count). The maximum Gasteiger partial charge on any atom is 0.266 e. The van der Waals surface area contributed by atoms with Gasteiger partial charge in [-0.15, -0.1) is 0 Å². The average molecular weight is 448 g/mol. The van der Waals surface area contributed by atoms with Gasteiger partial charge in [0.15, 0.2) is 11.5 Å². The molecule has 1 N–H and O–H groups in total. The number of fused-ring (bicyclic) bond motifs is 1. The van der Waals surface area contributed by atoms with Crippen molar-refractivity contribution < 1.29 is 19.1 Å². The summed E-state index contributed by atoms with van der Waals surface area (Å²) in [5.74, 6) is 1.87. The van der Waals surface area contributed by atoms with Crippen LogP contribution < -0.4 is 14.8 Å². The molecule has 2 amide bonds. The van der Waals surface area contributed by atoms with E-state index in [2.05, 4.69) is 17.1 Å². The summed E-state index contributed by atoms with van der Waals surface area (Å²) >= 11 is 6.65. The highest BCUT2D eigenvalue weighted by Crippen LogP contribution is 2.36. The van der Waals surface area contributed by atoms with Crippen molar-refractivity contribution in [3.8, 4) is 11.5 Å². The van der Waals surface area contributed by atoms with Crippen LogP contribution in [0.15, 0.2) is 23.1 Å². The number of rotatable bonds is 6. The van der Waals surface area contributed by atoms with E-state index in [-0.39, 0.29) is 18.6 Å². The van der Waals surface area contributed by atoms with Gasteiger partial charge < -0.3 is 14.8 Å². The van der Waals surface area contributed by atoms with E-state index in [9.17, 15) is 9.59 Å². The van der Waals surface area contributed by atoms with Crippen LogP contribution in [0, 0.1) is 5.92 Å². The molecular formula is C21H25N3O4S2. The van der Waals surface area contributed by atoms with Crippen LogP contribution in [0.4, 0.5) is 0 Å². The molecule has 3 aliphatic heterocycles. The minimum atomic E-state index is -0.137. The molecule has 7 nitrogen and oxygen atoms in total. The zero-order valence-corrected chi connectivity index (χ0v) is 18.5. The van der Waals surface area contributed by atoms with Gasteiger partial charge in [-0.05, 0) is 49.1 Å². The average Bonchev–Trinajstić information content (AvgIpc) is 3.27. The first-order valence-electron chi connectivity index (χ1n) is 10.1. The Labute approximate surface area is 185 Å². The molecule has 0 bridgehead atoms. The fourth-order valence-electron chi connectivity index (χ4n) is 3.84. The second-order valence-corrected chi connectivity index (χ2v) is 9.45. The molecule has 3 heterocycles. The van der Waals surface area contributed by atoms with E-state index >= 15 is 0 Å². The monoisotopic (exact) mass is 447 g/mol. The molecule has 0 radical (unpaired) electrons. The maximum atomic E-state index is 12.8. The first-order valence-corrected chi connectivity index (χ1v) is 11.4. The van der Waals surface area contributed by atoms with Crippen molar-refractivity contribution in [2.24, 2.45) is 5.92 Å². The predicted octanol–water partition coefficient (Wildman–Crippen LogP) is 2.46. The summed E-state index contributed by atoms with van der Waals surface area (Å²) in [7, 11) is 0. The van der Waals surface area contributed by atoms with Crippen molar-refractivity contribution in [1.82, 2.24) is 15.1 Å². The van der Waals surface area contributed by atoms with E-state index in [1.165, 1.54) is 18.2 Å². The minimum Gasteiger partial charge on any atom is -0.454 e. The van der Waals surface area contributed by atoms with Crippen molar-refractivity contribution in [3.05, 3.63) is 28.7 Å². The third-order valence-corrected chi connectivity index (χ3v) is 6.71. The molecule has 1 unspecified atom stereocenters. The Balaban J connectivity index is 1.28. The van der Waals surface area contributed by atoms with E-state index < -0.39 is 0 Å². The van der Waals surface area contributed by atoms with Gasteiger partial charge in [-0.2, -0.15) is 0 Å². The lowest BCUT2D eigenvalue weighted by Crippen LogP contribution is -2.44. The Bertz CT molecular complexity index is 889. The highest BCUT2D eigenvalue weighted by atomic mass is 32.2. The number of nitrogens with zero attached hydrogens (tertiary/aromatic N) is 2. The molecule has 2 fully saturated rings. The summed E-state index contributed by atoms with van der Waals surface area (Å²) in [6, 6.07) is 5.55. The maximum absolute atomic E-state index is 12.8. The molecule has 0 saturated carbocycles. The number of ether oxygens (including phenoxy) is 2. The van der Waals surface area contributed by atoms with Crippen molar-refractivity contribution in [1.29, 1.82) is 0 Å². The van der Waals surface area contributed by atoms with Crippen molar-refractivity contribution in [3.63, 3.8) is 0 Å². The number of amides is 2. The standard InChI is InChI=1S/C21H25N3O4S2/c1-14-3-2-7-23(11-14)12-19(25)22-6-8-24-20(26)18(30-21(24)29)10-15-4-5-16-17(9-15)28-13-27-16/h4-5,9-10,14H,2-3,6-8,11-13H2,1H3,(H,22,25). The van der Waals surface area contributed by atoms with Crippen LogP contribution in [-0.4, -0.2) is 65.5 Å². The summed E-state index contributed by atoms with van der Waals surface area (Å²) in [5.41, 5.74) is 0.851. The molecule has 3 aliphatic rings. The second kappa shape index (κ2) is 9.36. The van der Waals surface area contributed by atoms with Gasteiger partial charge in [-0.25, -0.2) is 0 Å². The van der Waals surface area contributed by atoms with Gasteiger partial charge in [0.2, 0.25) is 12.7 Å². The van der Waals surface area contributed by atoms with Crippen LogP contribution in [0.3, 0.4) is 0 Å². The lowest BCUT2D eigenvalue weighted by atomic mass is 10.0. The smallest absolute Gasteiger partial charge is 0.266 e. The molecule has 0 aliphatic carbocycles. The van der Waals surface area contributed by atoms with Gasteiger partial charge in [-0.1, -0.05) is 37.0 Å². The lowest BCUT2D eigenvalue weighted by Gasteiger charge is -2.30. The van der Waals surface area contributed by atoms with Crippen LogP contribution >= 0.6 is 24.0 Å². The van der Waals surface area contributed by atoms with Crippen LogP contribution in [0.1, 0.15) is 25.3 Å². The number of carbonyl (C=O) groups is 2. The van der Waals surface area contributed by atoms with Gasteiger partial charge in [0.25, 0.3) is 5.91 Å². The van der Waals surface area contributed by atoms with Crippen molar-refractivity contribution >= 4 is 46.2 Å². The number of thioether (sulfide) groups is 1. The lowest BCUT2D eigenvalue weighted by molar-refractivity contribution is -0.124. The number of piperidine rings is 1. The fraction of sp³-hybridized carbons (Fsp3) is 0.476. The number of carbonyl (C=O) groups excluding carboxylic acids is 2. The summed E-state index contributed by atoms with van der Waals surface area (Å²) in [5, 5.41) is 2.91. The number of hydrogen-bond acceptors (Lipinski definition) is 7. The molecule has 1 aromatic carbocycles. The zero-order chi connectivity index (χ0) is 21.1. The number of likely N-dealkylation sites (tertiary alicyclic amines) is 1. The van der Waals surface area contributed by atoms with E-state index in [4.69, 9.17) is 21.7 Å². The van der Waals surface area contributed by atoms with Crippen LogP contribution in [0.5, 0.6) is 11.5 Å². The molecule has 9 heteroatoms. The van der Waals surface area contributed by atoms with E-state index in [0.29, 0.717) is 46.3 Å². The molecular weight excluding hydrogens is 422 g/mol. The van der Waals surface area contributed by atoms with Crippen LogP contribution in [0.2, 0.25) is 0 Å². The molecule has 1 atom stereocenters.